The number of ether oxygens (including phenoxy) is 1. The third-order valence-electron chi connectivity index (χ3n) is 5.34. The van der Waals surface area contributed by atoms with E-state index in [1.54, 1.807) is 13.2 Å². The highest BCUT2D eigenvalue weighted by Crippen LogP contribution is 2.15. The van der Waals surface area contributed by atoms with Crippen LogP contribution >= 0.6 is 0 Å². The van der Waals surface area contributed by atoms with Crippen LogP contribution < -0.4 is 20.1 Å². The van der Waals surface area contributed by atoms with Crippen molar-refractivity contribution in [1.82, 2.24) is 15.6 Å². The highest BCUT2D eigenvalue weighted by Gasteiger charge is 2.25. The molecule has 37 heavy (non-hydrogen) atoms. The van der Waals surface area contributed by atoms with Gasteiger partial charge in [-0.1, -0.05) is 12.1 Å². The van der Waals surface area contributed by atoms with Crippen molar-refractivity contribution in [1.29, 1.82) is 0 Å². The summed E-state index contributed by atoms with van der Waals surface area (Å²) < 4.78 is 63.1. The molecule has 3 rings (SSSR count). The van der Waals surface area contributed by atoms with Crippen LogP contribution in [0.3, 0.4) is 0 Å². The predicted molar refractivity (Wildman–Crippen MR) is 132 cm³/mol. The Morgan fingerprint density at radius 3 is 2.57 bits per heavy atom. The van der Waals surface area contributed by atoms with Gasteiger partial charge in [0.25, 0.3) is 5.91 Å². The van der Waals surface area contributed by atoms with E-state index in [1.165, 1.54) is 6.92 Å². The number of rotatable bonds is 13. The van der Waals surface area contributed by atoms with Crippen LogP contribution in [0.1, 0.15) is 28.5 Å². The van der Waals surface area contributed by atoms with Gasteiger partial charge < -0.3 is 24.9 Å². The Balaban J connectivity index is 1.71. The number of hydrogen-bond acceptors (Lipinski definition) is 8. The monoisotopic (exact) mass is 538 g/mol. The largest absolute Gasteiger partial charge is 0.497 e. The third kappa shape index (κ3) is 8.51. The van der Waals surface area contributed by atoms with Gasteiger partial charge in [-0.05, 0) is 48.7 Å². The van der Waals surface area contributed by atoms with Crippen molar-refractivity contribution >= 4 is 21.9 Å². The second-order valence-electron chi connectivity index (χ2n) is 8.15. The summed E-state index contributed by atoms with van der Waals surface area (Å²) in [6.07, 6.45) is -0.323. The summed E-state index contributed by atoms with van der Waals surface area (Å²) in [5, 5.41) is 16.5. The Morgan fingerprint density at radius 2 is 1.89 bits per heavy atom. The van der Waals surface area contributed by atoms with Gasteiger partial charge >= 0.3 is 6.01 Å². The average molecular weight is 539 g/mol. The van der Waals surface area contributed by atoms with Gasteiger partial charge in [0.15, 0.2) is 5.69 Å². The number of nitrogens with one attached hydrogen (secondary N) is 3. The van der Waals surface area contributed by atoms with E-state index in [4.69, 9.17) is 9.15 Å². The first-order valence-electron chi connectivity index (χ1n) is 11.3. The Hall–Kier alpha value is -3.55. The third-order valence-corrected chi connectivity index (χ3v) is 6.58. The number of carbonyl (C=O) groups excluding carboxylic acids is 1. The summed E-state index contributed by atoms with van der Waals surface area (Å²) in [4.78, 5) is 16.6. The van der Waals surface area contributed by atoms with Crippen LogP contribution in [-0.2, 0) is 23.0 Å². The zero-order valence-corrected chi connectivity index (χ0v) is 21.0. The molecule has 0 saturated carbocycles. The zero-order valence-electron chi connectivity index (χ0n) is 20.2. The molecule has 0 bridgehead atoms. The fourth-order valence-electron chi connectivity index (χ4n) is 3.43. The molecule has 200 valence electrons. The maximum atomic E-state index is 13.7. The van der Waals surface area contributed by atoms with Crippen molar-refractivity contribution in [3.05, 3.63) is 77.2 Å². The Labute approximate surface area is 213 Å². The number of benzene rings is 2. The molecule has 0 spiro atoms. The number of hydrogen-bond donors (Lipinski definition) is 4. The number of aromatic nitrogens is 1. The second-order valence-corrected chi connectivity index (χ2v) is 10.2. The molecule has 0 saturated heterocycles. The first-order valence-corrected chi connectivity index (χ1v) is 13.0. The fraction of sp³-hybridized carbons (Fsp3) is 0.333. The first kappa shape index (κ1) is 28.0. The number of anilines is 1. The van der Waals surface area contributed by atoms with Gasteiger partial charge in [-0.25, -0.2) is 21.9 Å². The summed E-state index contributed by atoms with van der Waals surface area (Å²) in [7, 11) is -2.12. The van der Waals surface area contributed by atoms with Gasteiger partial charge in [0.05, 0.1) is 25.0 Å². The minimum absolute atomic E-state index is 0.0281. The van der Waals surface area contributed by atoms with E-state index in [0.717, 1.165) is 30.0 Å². The van der Waals surface area contributed by atoms with E-state index in [1.807, 2.05) is 18.2 Å². The van der Waals surface area contributed by atoms with E-state index in [0.29, 0.717) is 12.3 Å². The molecule has 2 aromatic carbocycles. The molecule has 0 radical (unpaired) electrons. The molecule has 1 heterocycles. The quantitative estimate of drug-likeness (QED) is 0.260. The molecule has 0 unspecified atom stereocenters. The van der Waals surface area contributed by atoms with Crippen molar-refractivity contribution in [2.24, 2.45) is 0 Å². The molecule has 1 aromatic heterocycles. The summed E-state index contributed by atoms with van der Waals surface area (Å²) in [5.74, 6) is -1.92. The molecule has 1 amide bonds. The second kappa shape index (κ2) is 12.6. The summed E-state index contributed by atoms with van der Waals surface area (Å²) in [5.41, 5.74) is 0.857. The Morgan fingerprint density at radius 1 is 1.16 bits per heavy atom. The molecule has 0 aliphatic heterocycles. The van der Waals surface area contributed by atoms with E-state index < -0.39 is 45.7 Å². The molecule has 0 aliphatic rings. The van der Waals surface area contributed by atoms with Crippen molar-refractivity contribution in [2.45, 2.75) is 32.0 Å². The van der Waals surface area contributed by atoms with Gasteiger partial charge in [0.1, 0.15) is 23.6 Å². The van der Waals surface area contributed by atoms with Gasteiger partial charge in [-0.2, -0.15) is 4.98 Å². The SMILES string of the molecule is CCS(=O)(=O)Nc1nc(C(=O)N[C@@H](Cc2cc(F)cc(F)c2)[C@@H](O)CNCc2cccc(OC)c2)co1. The first-order chi connectivity index (χ1) is 17.6. The summed E-state index contributed by atoms with van der Waals surface area (Å²) >= 11 is 0. The lowest BCUT2D eigenvalue weighted by Gasteiger charge is -2.24. The normalized spacial score (nSPS) is 13.1. The van der Waals surface area contributed by atoms with Gasteiger partial charge in [-0.3, -0.25) is 4.79 Å². The molecule has 2 atom stereocenters. The molecule has 0 aliphatic carbocycles. The van der Waals surface area contributed by atoms with Crippen molar-refractivity contribution in [2.75, 3.05) is 24.1 Å². The standard InChI is InChI=1S/C24H28F2N4O6S/c1-3-37(33,34)30-24-29-21(14-36-24)23(32)28-20(10-16-7-17(25)11-18(26)8-16)22(31)13-27-12-15-5-4-6-19(9-15)35-2/h4-9,11,14,20,22,27,31H,3,10,12-13H2,1-2H3,(H,28,32)(H,29,30)/t20-,22-/m0/s1. The maximum Gasteiger partial charge on any atom is 0.309 e. The summed E-state index contributed by atoms with van der Waals surface area (Å²) in [6.45, 7) is 1.83. The van der Waals surface area contributed by atoms with Crippen LogP contribution in [0, 0.1) is 11.6 Å². The fourth-order valence-corrected chi connectivity index (χ4v) is 3.93. The van der Waals surface area contributed by atoms with Crippen molar-refractivity contribution in [3.63, 3.8) is 0 Å². The van der Waals surface area contributed by atoms with Crippen molar-refractivity contribution in [3.8, 4) is 5.75 Å². The smallest absolute Gasteiger partial charge is 0.309 e. The number of amides is 1. The van der Waals surface area contributed by atoms with Crippen LogP contribution in [0.5, 0.6) is 5.75 Å². The van der Waals surface area contributed by atoms with Gasteiger partial charge in [0.2, 0.25) is 10.0 Å². The lowest BCUT2D eigenvalue weighted by atomic mass is 10.0. The van der Waals surface area contributed by atoms with Crippen LogP contribution in [0.4, 0.5) is 14.8 Å². The molecular formula is C24H28F2N4O6S. The lowest BCUT2D eigenvalue weighted by molar-refractivity contribution is 0.0825. The number of sulfonamides is 1. The van der Waals surface area contributed by atoms with E-state index in [9.17, 15) is 27.1 Å². The topological polar surface area (TPSA) is 143 Å². The highest BCUT2D eigenvalue weighted by atomic mass is 32.2. The molecule has 0 fully saturated rings. The molecular weight excluding hydrogens is 510 g/mol. The van der Waals surface area contributed by atoms with E-state index >= 15 is 0 Å². The molecule has 3 aromatic rings. The number of methoxy groups -OCH3 is 1. The lowest BCUT2D eigenvalue weighted by Crippen LogP contribution is -2.48. The van der Waals surface area contributed by atoms with Crippen LogP contribution in [0.25, 0.3) is 0 Å². The van der Waals surface area contributed by atoms with E-state index in [2.05, 4.69) is 20.3 Å². The zero-order chi connectivity index (χ0) is 27.0. The van der Waals surface area contributed by atoms with Gasteiger partial charge in [0, 0.05) is 19.2 Å². The average Bonchev–Trinajstić information content (AvgIpc) is 3.31. The Bertz CT molecular complexity index is 1300. The van der Waals surface area contributed by atoms with Crippen LogP contribution in [0.15, 0.2) is 53.1 Å². The molecule has 4 N–H and O–H groups in total. The number of oxazole rings is 1. The minimum atomic E-state index is -3.67. The van der Waals surface area contributed by atoms with E-state index in [-0.39, 0.29) is 30.0 Å². The minimum Gasteiger partial charge on any atom is -0.497 e. The number of aliphatic hydroxyl groups is 1. The van der Waals surface area contributed by atoms with Gasteiger partial charge in [-0.15, -0.1) is 0 Å². The molecule has 13 heteroatoms. The number of aliphatic hydroxyl groups excluding tert-OH is 1. The maximum absolute atomic E-state index is 13.7. The molecule has 10 nitrogen and oxygen atoms in total. The summed E-state index contributed by atoms with van der Waals surface area (Å²) in [6, 6.07) is 8.85. The van der Waals surface area contributed by atoms with Crippen LogP contribution in [0.2, 0.25) is 0 Å². The Kier molecular flexibility index (Phi) is 9.55. The highest BCUT2D eigenvalue weighted by molar-refractivity contribution is 7.92. The predicted octanol–water partition coefficient (Wildman–Crippen LogP) is 2.21. The van der Waals surface area contributed by atoms with Crippen molar-refractivity contribution < 1.29 is 36.3 Å². The van der Waals surface area contributed by atoms with Crippen LogP contribution in [-0.4, -0.2) is 56.0 Å². The number of halogens is 2. The number of nitrogens with zero attached hydrogens (tertiary/aromatic N) is 1. The number of carbonyl (C=O) groups is 1.